The summed E-state index contributed by atoms with van der Waals surface area (Å²) < 4.78 is 16.5. The number of rotatable bonds is 7. The highest BCUT2D eigenvalue weighted by Crippen LogP contribution is 2.38. The van der Waals surface area contributed by atoms with Crippen LogP contribution in [0.2, 0.25) is 0 Å². The molecule has 1 aliphatic rings. The standard InChI is InChI=1S/C26H30N4O4/c1-15(2)14-30-17(4)22(23(27-26(30)31)18-9-7-16(3)8-10-18)25-28-24(29-34-25)19-11-12-20(32-5)21(13-19)33-6/h7-13,15,23H,14H2,1-6H3,(H,27,31). The molecule has 1 N–H and O–H groups in total. The summed E-state index contributed by atoms with van der Waals surface area (Å²) in [6.45, 7) is 8.70. The van der Waals surface area contributed by atoms with E-state index in [-0.39, 0.29) is 6.03 Å². The first-order valence-electron chi connectivity index (χ1n) is 11.2. The van der Waals surface area contributed by atoms with Crippen LogP contribution in [0.4, 0.5) is 4.79 Å². The number of aryl methyl sites for hydroxylation is 1. The fraction of sp³-hybridized carbons (Fsp3) is 0.346. The largest absolute Gasteiger partial charge is 0.493 e. The lowest BCUT2D eigenvalue weighted by molar-refractivity contribution is 0.199. The second-order valence-electron chi connectivity index (χ2n) is 8.79. The summed E-state index contributed by atoms with van der Waals surface area (Å²) in [5, 5.41) is 7.36. The molecule has 0 fully saturated rings. The van der Waals surface area contributed by atoms with Crippen LogP contribution >= 0.6 is 0 Å². The van der Waals surface area contributed by atoms with E-state index in [1.807, 2.05) is 44.2 Å². The Morgan fingerprint density at radius 3 is 2.41 bits per heavy atom. The molecule has 1 unspecified atom stereocenters. The highest BCUT2D eigenvalue weighted by Gasteiger charge is 2.36. The Bertz CT molecular complexity index is 1210. The molecule has 1 aromatic heterocycles. The number of methoxy groups -OCH3 is 2. The molecule has 0 spiro atoms. The predicted octanol–water partition coefficient (Wildman–Crippen LogP) is 5.22. The lowest BCUT2D eigenvalue weighted by atomic mass is 9.94. The number of hydrogen-bond donors (Lipinski definition) is 1. The van der Waals surface area contributed by atoms with E-state index in [1.54, 1.807) is 31.3 Å². The van der Waals surface area contributed by atoms with Gasteiger partial charge in [0.15, 0.2) is 11.5 Å². The van der Waals surface area contributed by atoms with Gasteiger partial charge in [0.2, 0.25) is 5.82 Å². The molecule has 0 saturated heterocycles. The molecule has 0 aliphatic carbocycles. The Morgan fingerprint density at radius 1 is 1.06 bits per heavy atom. The number of nitrogens with one attached hydrogen (secondary N) is 1. The maximum atomic E-state index is 13.0. The Hall–Kier alpha value is -3.81. The molecule has 4 rings (SSSR count). The number of carbonyl (C=O) groups excluding carboxylic acids is 1. The molecule has 1 atom stereocenters. The van der Waals surface area contributed by atoms with Crippen molar-refractivity contribution < 1.29 is 18.8 Å². The lowest BCUT2D eigenvalue weighted by Crippen LogP contribution is -2.47. The number of nitrogens with zero attached hydrogens (tertiary/aromatic N) is 3. The maximum absolute atomic E-state index is 13.0. The summed E-state index contributed by atoms with van der Waals surface area (Å²) in [6.07, 6.45) is 0. The SMILES string of the molecule is COc1ccc(-c2noc(C3=C(C)N(CC(C)C)C(=O)NC3c3ccc(C)cc3)n2)cc1OC. The van der Waals surface area contributed by atoms with Crippen LogP contribution in [-0.2, 0) is 0 Å². The molecule has 8 nitrogen and oxygen atoms in total. The number of urea groups is 1. The van der Waals surface area contributed by atoms with Crippen molar-refractivity contribution in [2.45, 2.75) is 33.7 Å². The van der Waals surface area contributed by atoms with Crippen molar-refractivity contribution in [3.63, 3.8) is 0 Å². The third kappa shape index (κ3) is 4.48. The summed E-state index contributed by atoms with van der Waals surface area (Å²) in [5.41, 5.74) is 4.40. The number of carbonyl (C=O) groups is 1. The number of aromatic nitrogens is 2. The van der Waals surface area contributed by atoms with E-state index in [0.29, 0.717) is 35.7 Å². The van der Waals surface area contributed by atoms with Crippen molar-refractivity contribution >= 4 is 11.6 Å². The number of amides is 2. The van der Waals surface area contributed by atoms with Gasteiger partial charge in [-0.15, -0.1) is 0 Å². The quantitative estimate of drug-likeness (QED) is 0.518. The van der Waals surface area contributed by atoms with Gasteiger partial charge in [-0.05, 0) is 43.5 Å². The molecular weight excluding hydrogens is 432 g/mol. The Balaban J connectivity index is 1.80. The van der Waals surface area contributed by atoms with Gasteiger partial charge in [0.1, 0.15) is 0 Å². The monoisotopic (exact) mass is 462 g/mol. The zero-order valence-corrected chi connectivity index (χ0v) is 20.4. The molecule has 0 bridgehead atoms. The van der Waals surface area contributed by atoms with Gasteiger partial charge in [-0.1, -0.05) is 48.8 Å². The minimum Gasteiger partial charge on any atom is -0.493 e. The number of hydrogen-bond acceptors (Lipinski definition) is 6. The van der Waals surface area contributed by atoms with Crippen LogP contribution in [0.3, 0.4) is 0 Å². The van der Waals surface area contributed by atoms with Gasteiger partial charge in [0, 0.05) is 17.8 Å². The summed E-state index contributed by atoms with van der Waals surface area (Å²) in [6, 6.07) is 13.0. The van der Waals surface area contributed by atoms with Crippen LogP contribution in [0.5, 0.6) is 11.5 Å². The number of ether oxygens (including phenoxy) is 2. The van der Waals surface area contributed by atoms with Crippen molar-refractivity contribution in [2.24, 2.45) is 5.92 Å². The molecule has 2 amide bonds. The summed E-state index contributed by atoms with van der Waals surface area (Å²) in [7, 11) is 3.17. The van der Waals surface area contributed by atoms with Gasteiger partial charge < -0.3 is 19.3 Å². The van der Waals surface area contributed by atoms with Crippen LogP contribution in [0.15, 0.2) is 52.7 Å². The lowest BCUT2D eigenvalue weighted by Gasteiger charge is -2.36. The molecule has 34 heavy (non-hydrogen) atoms. The molecule has 3 aromatic rings. The van der Waals surface area contributed by atoms with E-state index in [4.69, 9.17) is 19.0 Å². The van der Waals surface area contributed by atoms with E-state index in [9.17, 15) is 4.79 Å². The van der Waals surface area contributed by atoms with Gasteiger partial charge in [-0.25, -0.2) is 4.79 Å². The van der Waals surface area contributed by atoms with Gasteiger partial charge >= 0.3 is 6.03 Å². The summed E-state index contributed by atoms with van der Waals surface area (Å²) in [5.74, 6) is 2.27. The average molecular weight is 463 g/mol. The molecule has 8 heteroatoms. The van der Waals surface area contributed by atoms with Crippen LogP contribution < -0.4 is 14.8 Å². The third-order valence-corrected chi connectivity index (χ3v) is 5.85. The highest BCUT2D eigenvalue weighted by atomic mass is 16.5. The molecule has 178 valence electrons. The van der Waals surface area contributed by atoms with E-state index in [0.717, 1.165) is 28.0 Å². The maximum Gasteiger partial charge on any atom is 0.322 e. The van der Waals surface area contributed by atoms with E-state index in [1.165, 1.54) is 0 Å². The van der Waals surface area contributed by atoms with Gasteiger partial charge in [0.25, 0.3) is 5.89 Å². The Morgan fingerprint density at radius 2 is 1.76 bits per heavy atom. The number of benzene rings is 2. The van der Waals surface area contributed by atoms with Crippen molar-refractivity contribution in [1.29, 1.82) is 0 Å². The smallest absolute Gasteiger partial charge is 0.322 e. The summed E-state index contributed by atoms with van der Waals surface area (Å²) >= 11 is 0. The molecule has 1 aliphatic heterocycles. The van der Waals surface area contributed by atoms with E-state index >= 15 is 0 Å². The molecule has 2 heterocycles. The summed E-state index contributed by atoms with van der Waals surface area (Å²) in [4.78, 5) is 19.5. The first-order valence-corrected chi connectivity index (χ1v) is 11.2. The fourth-order valence-corrected chi connectivity index (χ4v) is 4.08. The third-order valence-electron chi connectivity index (χ3n) is 5.85. The fourth-order valence-electron chi connectivity index (χ4n) is 4.08. The van der Waals surface area contributed by atoms with Crippen LogP contribution in [0, 0.1) is 12.8 Å². The van der Waals surface area contributed by atoms with Crippen LogP contribution in [-0.4, -0.2) is 41.8 Å². The first kappa shape index (κ1) is 23.4. The zero-order chi connectivity index (χ0) is 24.4. The molecular formula is C26H30N4O4. The van der Waals surface area contributed by atoms with Crippen molar-refractivity contribution in [1.82, 2.24) is 20.4 Å². The van der Waals surface area contributed by atoms with Crippen molar-refractivity contribution in [3.05, 3.63) is 65.2 Å². The second kappa shape index (κ2) is 9.59. The van der Waals surface area contributed by atoms with Crippen molar-refractivity contribution in [3.8, 4) is 22.9 Å². The van der Waals surface area contributed by atoms with Crippen LogP contribution in [0.25, 0.3) is 17.0 Å². The second-order valence-corrected chi connectivity index (χ2v) is 8.79. The van der Waals surface area contributed by atoms with Gasteiger partial charge in [-0.3, -0.25) is 4.90 Å². The van der Waals surface area contributed by atoms with E-state index in [2.05, 4.69) is 24.3 Å². The van der Waals surface area contributed by atoms with Crippen LogP contribution in [0.1, 0.15) is 43.8 Å². The van der Waals surface area contributed by atoms with Crippen molar-refractivity contribution in [2.75, 3.05) is 20.8 Å². The minimum atomic E-state index is -0.407. The Labute approximate surface area is 199 Å². The van der Waals surface area contributed by atoms with E-state index < -0.39 is 6.04 Å². The zero-order valence-electron chi connectivity index (χ0n) is 20.4. The average Bonchev–Trinajstić information content (AvgIpc) is 3.31. The molecule has 2 aromatic carbocycles. The normalized spacial score (nSPS) is 16.1. The minimum absolute atomic E-state index is 0.139. The predicted molar refractivity (Wildman–Crippen MR) is 129 cm³/mol. The van der Waals surface area contributed by atoms with Gasteiger partial charge in [0.05, 0.1) is 25.8 Å². The molecule has 0 saturated carbocycles. The number of allylic oxidation sites excluding steroid dienone is 1. The molecule has 0 radical (unpaired) electrons. The topological polar surface area (TPSA) is 89.7 Å². The Kier molecular flexibility index (Phi) is 6.58. The highest BCUT2D eigenvalue weighted by molar-refractivity contribution is 5.87. The first-order chi connectivity index (χ1) is 16.3. The van der Waals surface area contributed by atoms with Gasteiger partial charge in [-0.2, -0.15) is 4.98 Å².